The van der Waals surface area contributed by atoms with Gasteiger partial charge in [0.15, 0.2) is 5.96 Å². The van der Waals surface area contributed by atoms with Gasteiger partial charge >= 0.3 is 0 Å². The molecule has 0 bridgehead atoms. The predicted octanol–water partition coefficient (Wildman–Crippen LogP) is -0.443. The molecule has 1 saturated heterocycles. The zero-order valence-electron chi connectivity index (χ0n) is 25.2. The maximum atomic E-state index is 10.3. The zero-order chi connectivity index (χ0) is 32.0. The van der Waals surface area contributed by atoms with Crippen molar-refractivity contribution in [3.8, 4) is 5.75 Å². The van der Waals surface area contributed by atoms with E-state index >= 15 is 0 Å². The van der Waals surface area contributed by atoms with Crippen LogP contribution in [0.15, 0.2) is 47.5 Å². The Morgan fingerprint density at radius 1 is 1.07 bits per heavy atom. The van der Waals surface area contributed by atoms with Crippen molar-refractivity contribution < 1.29 is 45.6 Å². The molecule has 16 heteroatoms. The van der Waals surface area contributed by atoms with E-state index in [-0.39, 0.29) is 36.4 Å². The highest BCUT2D eigenvalue weighted by Crippen LogP contribution is 2.34. The lowest BCUT2D eigenvalue weighted by Crippen LogP contribution is -2.55. The quantitative estimate of drug-likeness (QED) is 0.135. The Bertz CT molecular complexity index is 1130. The van der Waals surface area contributed by atoms with Crippen molar-refractivity contribution in [1.82, 2.24) is 4.90 Å². The van der Waals surface area contributed by atoms with Gasteiger partial charge in [-0.25, -0.2) is 0 Å². The molecule has 1 heterocycles. The number of hydrogen-bond acceptors (Lipinski definition) is 9. The SMILES string of the molecule is CCOc1ccc(Cc2cc([C@@H]3O[C@H](CO)[C@@H](O)[C@H](O)[C@H]3O)ccc2Cl)cc1.CN(C)/C(N)=N/C(=N)N.C[C@H](O)CO.Cl.O. The van der Waals surface area contributed by atoms with Crippen LogP contribution in [0.2, 0.25) is 5.02 Å². The molecule has 1 aliphatic rings. The summed E-state index contributed by atoms with van der Waals surface area (Å²) in [5.74, 6) is 0.760. The predicted molar refractivity (Wildman–Crippen MR) is 171 cm³/mol. The van der Waals surface area contributed by atoms with E-state index < -0.39 is 43.2 Å². The third-order valence-electron chi connectivity index (χ3n) is 5.88. The highest BCUT2D eigenvalue weighted by Gasteiger charge is 2.44. The summed E-state index contributed by atoms with van der Waals surface area (Å²) in [4.78, 5) is 5.03. The van der Waals surface area contributed by atoms with E-state index in [1.807, 2.05) is 37.3 Å². The van der Waals surface area contributed by atoms with E-state index in [4.69, 9.17) is 48.2 Å². The van der Waals surface area contributed by atoms with Gasteiger partial charge < -0.3 is 62.0 Å². The van der Waals surface area contributed by atoms with E-state index in [0.717, 1.165) is 16.9 Å². The molecule has 44 heavy (non-hydrogen) atoms. The van der Waals surface area contributed by atoms with Crippen molar-refractivity contribution >= 4 is 35.9 Å². The number of ether oxygens (including phenoxy) is 2. The minimum atomic E-state index is -1.42. The van der Waals surface area contributed by atoms with Crippen LogP contribution in [0.1, 0.15) is 36.6 Å². The van der Waals surface area contributed by atoms with Crippen LogP contribution in [0.3, 0.4) is 0 Å². The lowest BCUT2D eigenvalue weighted by Gasteiger charge is -2.40. The Morgan fingerprint density at radius 2 is 1.64 bits per heavy atom. The Kier molecular flexibility index (Phi) is 21.5. The first-order valence-electron chi connectivity index (χ1n) is 13.2. The molecule has 13 N–H and O–H groups in total. The Balaban J connectivity index is 0. The second-order valence-corrected chi connectivity index (χ2v) is 10.0. The monoisotopic (exact) mass is 667 g/mol. The van der Waals surface area contributed by atoms with Crippen molar-refractivity contribution in [1.29, 1.82) is 5.41 Å². The van der Waals surface area contributed by atoms with Crippen LogP contribution in [0.4, 0.5) is 0 Å². The average molecular weight is 669 g/mol. The second kappa shape index (κ2) is 21.9. The third-order valence-corrected chi connectivity index (χ3v) is 6.25. The van der Waals surface area contributed by atoms with Gasteiger partial charge in [-0.2, -0.15) is 4.99 Å². The third kappa shape index (κ3) is 14.3. The van der Waals surface area contributed by atoms with Gasteiger partial charge in [0, 0.05) is 19.1 Å². The van der Waals surface area contributed by atoms with Gasteiger partial charge in [-0.1, -0.05) is 35.9 Å². The summed E-state index contributed by atoms with van der Waals surface area (Å²) in [6, 6.07) is 12.9. The first-order valence-corrected chi connectivity index (χ1v) is 13.6. The number of nitrogens with zero attached hydrogens (tertiary/aromatic N) is 2. The van der Waals surface area contributed by atoms with Crippen LogP contribution in [-0.2, 0) is 11.2 Å². The average Bonchev–Trinajstić information content (AvgIpc) is 2.94. The second-order valence-electron chi connectivity index (χ2n) is 9.64. The molecule has 14 nitrogen and oxygen atoms in total. The minimum Gasteiger partial charge on any atom is -0.494 e. The maximum absolute atomic E-state index is 10.3. The molecule has 0 aliphatic carbocycles. The van der Waals surface area contributed by atoms with Gasteiger partial charge in [-0.05, 0) is 55.2 Å². The van der Waals surface area contributed by atoms with E-state index in [1.54, 1.807) is 31.1 Å². The topological polar surface area (TPSA) is 263 Å². The fraction of sp³-hybridized carbons (Fsp3) is 0.500. The Morgan fingerprint density at radius 3 is 2.07 bits per heavy atom. The van der Waals surface area contributed by atoms with E-state index in [1.165, 1.54) is 6.92 Å². The lowest BCUT2D eigenvalue weighted by molar-refractivity contribution is -0.231. The number of benzene rings is 2. The normalized spacial score (nSPS) is 21.5. The fourth-order valence-electron chi connectivity index (χ4n) is 3.60. The molecule has 0 aromatic heterocycles. The summed E-state index contributed by atoms with van der Waals surface area (Å²) in [6.07, 6.45) is -5.95. The number of nitrogens with two attached hydrogens (primary N) is 2. The molecule has 1 fully saturated rings. The minimum absolute atomic E-state index is 0. The fourth-order valence-corrected chi connectivity index (χ4v) is 3.78. The standard InChI is InChI=1S/C21H25ClO6.C4H11N5.C3H8O2.ClH.H2O/c1-2-27-15-6-3-12(4-7-15)9-14-10-13(5-8-16(14)22)21-20(26)19(25)18(24)17(11-23)28-21;1-9(2)4(7)8-3(5)6;1-3(5)2-4;;/h3-8,10,17-21,23-26H,2,9,11H2,1H3;1-2H3,(H5,5,6,7,8);3-5H,2H2,1H3;1H;1H2/t17-,18-,19+,20-,21+;;3-;;/m1.0../s1. The molecule has 0 amide bonds. The molecule has 0 saturated carbocycles. The number of aliphatic hydroxyl groups excluding tert-OH is 6. The molecule has 6 atom stereocenters. The van der Waals surface area contributed by atoms with Crippen LogP contribution < -0.4 is 16.2 Å². The number of aliphatic hydroxyl groups is 6. The van der Waals surface area contributed by atoms with Gasteiger partial charge in [-0.15, -0.1) is 12.4 Å². The summed E-state index contributed by atoms with van der Waals surface area (Å²) in [6.45, 7) is 3.46. The lowest BCUT2D eigenvalue weighted by atomic mass is 9.90. The van der Waals surface area contributed by atoms with Crippen LogP contribution in [0.25, 0.3) is 0 Å². The number of guanidine groups is 2. The number of halogens is 2. The largest absolute Gasteiger partial charge is 0.494 e. The van der Waals surface area contributed by atoms with Crippen molar-refractivity contribution in [2.75, 3.05) is 33.9 Å². The zero-order valence-corrected chi connectivity index (χ0v) is 26.7. The van der Waals surface area contributed by atoms with Crippen molar-refractivity contribution in [3.05, 3.63) is 64.2 Å². The molecule has 1 aliphatic heterocycles. The molecule has 252 valence electrons. The van der Waals surface area contributed by atoms with Crippen molar-refractivity contribution in [2.24, 2.45) is 16.5 Å². The van der Waals surface area contributed by atoms with Gasteiger partial charge in [0.1, 0.15) is 36.3 Å². The maximum Gasteiger partial charge on any atom is 0.215 e. The van der Waals surface area contributed by atoms with Gasteiger partial charge in [0.2, 0.25) is 5.96 Å². The Labute approximate surface area is 268 Å². The summed E-state index contributed by atoms with van der Waals surface area (Å²) < 4.78 is 11.1. The molecule has 0 spiro atoms. The summed E-state index contributed by atoms with van der Waals surface area (Å²) in [5, 5.41) is 63.0. The smallest absolute Gasteiger partial charge is 0.215 e. The Hall–Kier alpha value is -2.76. The molecule has 2 aromatic rings. The molecule has 0 radical (unpaired) electrons. The number of rotatable bonds is 7. The number of aliphatic imine (C=N–C) groups is 1. The van der Waals surface area contributed by atoms with Crippen LogP contribution >= 0.6 is 24.0 Å². The van der Waals surface area contributed by atoms with E-state index in [9.17, 15) is 20.4 Å². The molecular formula is C28H47Cl2N5O9. The molecular weight excluding hydrogens is 621 g/mol. The highest BCUT2D eigenvalue weighted by atomic mass is 35.5. The highest BCUT2D eigenvalue weighted by molar-refractivity contribution is 6.31. The molecule has 0 unspecified atom stereocenters. The van der Waals surface area contributed by atoms with Crippen LogP contribution in [0.5, 0.6) is 5.75 Å². The van der Waals surface area contributed by atoms with E-state index in [0.29, 0.717) is 23.6 Å². The summed E-state index contributed by atoms with van der Waals surface area (Å²) in [7, 11) is 3.45. The molecule has 3 rings (SSSR count). The summed E-state index contributed by atoms with van der Waals surface area (Å²) in [5.41, 5.74) is 12.7. The van der Waals surface area contributed by atoms with Gasteiger partial charge in [-0.3, -0.25) is 5.41 Å². The summed E-state index contributed by atoms with van der Waals surface area (Å²) >= 11 is 6.35. The van der Waals surface area contributed by atoms with Crippen molar-refractivity contribution in [2.45, 2.75) is 56.9 Å². The van der Waals surface area contributed by atoms with Crippen LogP contribution in [-0.4, -0.2) is 117 Å². The van der Waals surface area contributed by atoms with Gasteiger partial charge in [0.25, 0.3) is 0 Å². The van der Waals surface area contributed by atoms with Crippen molar-refractivity contribution in [3.63, 3.8) is 0 Å². The molecule has 2 aromatic carbocycles. The first kappa shape index (κ1) is 43.4. The first-order chi connectivity index (χ1) is 19.7. The van der Waals surface area contributed by atoms with Gasteiger partial charge in [0.05, 0.1) is 25.9 Å². The number of nitrogens with one attached hydrogen (secondary N) is 1. The van der Waals surface area contributed by atoms with E-state index in [2.05, 4.69) is 4.99 Å². The number of hydrogen-bond donors (Lipinski definition) is 9. The van der Waals surface area contributed by atoms with Crippen LogP contribution in [0, 0.1) is 5.41 Å².